The van der Waals surface area contributed by atoms with E-state index < -0.39 is 17.3 Å². The number of nitrogens with zero attached hydrogens (tertiary/aromatic N) is 1. The number of aldehydes is 1. The fourth-order valence-corrected chi connectivity index (χ4v) is 4.83. The molecule has 2 unspecified atom stereocenters. The average Bonchev–Trinajstić information content (AvgIpc) is 3.10. The van der Waals surface area contributed by atoms with Gasteiger partial charge >= 0.3 is 5.97 Å². The van der Waals surface area contributed by atoms with Crippen molar-refractivity contribution in [2.75, 3.05) is 0 Å². The first-order valence-corrected chi connectivity index (χ1v) is 10.4. The summed E-state index contributed by atoms with van der Waals surface area (Å²) in [6.45, 7) is 0. The van der Waals surface area contributed by atoms with Crippen LogP contribution in [-0.2, 0) is 22.1 Å². The van der Waals surface area contributed by atoms with Gasteiger partial charge in [0.15, 0.2) is 0 Å². The normalized spacial score (nSPS) is 14.1. The van der Waals surface area contributed by atoms with Crippen molar-refractivity contribution in [2.45, 2.75) is 17.8 Å². The van der Waals surface area contributed by atoms with E-state index >= 15 is 0 Å². The molecule has 1 heterocycles. The number of carbonyl (C=O) groups is 2. The second-order valence-electron chi connectivity index (χ2n) is 7.66. The number of carboxylic acid groups (broad SMARTS) is 1. The molecule has 0 aliphatic rings. The van der Waals surface area contributed by atoms with Crippen LogP contribution in [0.2, 0.25) is 5.02 Å². The highest BCUT2D eigenvalue weighted by atomic mass is 35.5. The van der Waals surface area contributed by atoms with Gasteiger partial charge in [0, 0.05) is 47.1 Å². The second kappa shape index (κ2) is 8.40. The van der Waals surface area contributed by atoms with Gasteiger partial charge in [-0.25, -0.2) is 0 Å². The average molecular weight is 432 g/mol. The summed E-state index contributed by atoms with van der Waals surface area (Å²) in [6.07, 6.45) is 2.71. The fraction of sp³-hybridized carbons (Fsp3) is 0.154. The molecule has 4 rings (SSSR count). The molecular weight excluding hydrogens is 410 g/mol. The van der Waals surface area contributed by atoms with Gasteiger partial charge in [0.25, 0.3) is 0 Å². The van der Waals surface area contributed by atoms with Crippen LogP contribution in [0, 0.1) is 0 Å². The van der Waals surface area contributed by atoms with E-state index in [1.165, 1.54) is 0 Å². The summed E-state index contributed by atoms with van der Waals surface area (Å²) in [7, 11) is 1.88. The van der Waals surface area contributed by atoms with Crippen molar-refractivity contribution in [1.29, 1.82) is 0 Å². The number of benzene rings is 3. The third kappa shape index (κ3) is 3.43. The number of hydrogen-bond acceptors (Lipinski definition) is 2. The van der Waals surface area contributed by atoms with Gasteiger partial charge in [-0.15, -0.1) is 0 Å². The monoisotopic (exact) mass is 431 g/mol. The Balaban J connectivity index is 2.16. The molecular formula is C26H22ClNO3. The largest absolute Gasteiger partial charge is 0.480 e. The molecule has 0 bridgehead atoms. The molecule has 0 spiro atoms. The van der Waals surface area contributed by atoms with Gasteiger partial charge in [0.1, 0.15) is 11.7 Å². The summed E-state index contributed by atoms with van der Waals surface area (Å²) < 4.78 is 1.91. The smallest absolute Gasteiger partial charge is 0.319 e. The number of halogens is 1. The molecule has 2 atom stereocenters. The molecule has 5 heteroatoms. The van der Waals surface area contributed by atoms with E-state index in [1.54, 1.807) is 12.1 Å². The van der Waals surface area contributed by atoms with Crippen molar-refractivity contribution in [3.05, 3.63) is 107 Å². The first kappa shape index (κ1) is 20.9. The van der Waals surface area contributed by atoms with E-state index in [1.807, 2.05) is 84.5 Å². The molecule has 0 fully saturated rings. The molecule has 0 saturated carbocycles. The lowest BCUT2D eigenvalue weighted by atomic mass is 9.62. The molecule has 4 aromatic rings. The summed E-state index contributed by atoms with van der Waals surface area (Å²) in [4.78, 5) is 25.1. The first-order chi connectivity index (χ1) is 15.0. The van der Waals surface area contributed by atoms with Gasteiger partial charge < -0.3 is 14.5 Å². The number of fused-ring (bicyclic) bond motifs is 1. The second-order valence-corrected chi connectivity index (χ2v) is 8.10. The molecule has 3 aromatic carbocycles. The quantitative estimate of drug-likeness (QED) is 0.389. The van der Waals surface area contributed by atoms with Crippen molar-refractivity contribution < 1.29 is 14.7 Å². The van der Waals surface area contributed by atoms with Crippen LogP contribution in [0.5, 0.6) is 0 Å². The highest BCUT2D eigenvalue weighted by Gasteiger charge is 2.51. The Morgan fingerprint density at radius 3 is 2.32 bits per heavy atom. The third-order valence-electron chi connectivity index (χ3n) is 6.00. The number of hydrogen-bond donors (Lipinski definition) is 1. The zero-order valence-electron chi connectivity index (χ0n) is 17.0. The SMILES string of the molecule is Cn1cc(C(C(=O)O)(c2ccccc2)C(CC=O)c2ccccc2)c2cc(Cl)ccc21. The molecule has 1 N–H and O–H groups in total. The molecule has 0 saturated heterocycles. The highest BCUT2D eigenvalue weighted by molar-refractivity contribution is 6.31. The summed E-state index contributed by atoms with van der Waals surface area (Å²) in [5.74, 6) is -1.63. The topological polar surface area (TPSA) is 59.3 Å². The van der Waals surface area contributed by atoms with Crippen LogP contribution in [0.3, 0.4) is 0 Å². The Bertz CT molecular complexity index is 1230. The van der Waals surface area contributed by atoms with Gasteiger partial charge in [0.05, 0.1) is 0 Å². The van der Waals surface area contributed by atoms with Gasteiger partial charge in [0.2, 0.25) is 0 Å². The zero-order chi connectivity index (χ0) is 22.0. The minimum atomic E-state index is -1.49. The van der Waals surface area contributed by atoms with Crippen LogP contribution in [0.15, 0.2) is 85.1 Å². The first-order valence-electron chi connectivity index (χ1n) is 10.0. The van der Waals surface area contributed by atoms with Crippen LogP contribution in [-0.4, -0.2) is 21.9 Å². The van der Waals surface area contributed by atoms with E-state index in [2.05, 4.69) is 0 Å². The molecule has 1 aromatic heterocycles. The Hall–Kier alpha value is -3.37. The summed E-state index contributed by atoms with van der Waals surface area (Å²) >= 11 is 6.32. The summed E-state index contributed by atoms with van der Waals surface area (Å²) in [5.41, 5.74) is 1.40. The fourth-order valence-electron chi connectivity index (χ4n) is 4.66. The van der Waals surface area contributed by atoms with Crippen LogP contribution in [0.1, 0.15) is 29.0 Å². The highest BCUT2D eigenvalue weighted by Crippen LogP contribution is 2.49. The van der Waals surface area contributed by atoms with Gasteiger partial charge in [-0.3, -0.25) is 4.79 Å². The van der Waals surface area contributed by atoms with Gasteiger partial charge in [-0.2, -0.15) is 0 Å². The van der Waals surface area contributed by atoms with Crippen LogP contribution < -0.4 is 0 Å². The molecule has 0 amide bonds. The Morgan fingerprint density at radius 2 is 1.71 bits per heavy atom. The lowest BCUT2D eigenvalue weighted by Crippen LogP contribution is -2.43. The van der Waals surface area contributed by atoms with Crippen LogP contribution in [0.25, 0.3) is 10.9 Å². The number of aryl methyl sites for hydroxylation is 1. The Labute approximate surface area is 185 Å². The predicted molar refractivity (Wildman–Crippen MR) is 123 cm³/mol. The lowest BCUT2D eigenvalue weighted by Gasteiger charge is -2.37. The number of aromatic nitrogens is 1. The summed E-state index contributed by atoms with van der Waals surface area (Å²) in [6, 6.07) is 24.0. The van der Waals surface area contributed by atoms with Gasteiger partial charge in [-0.1, -0.05) is 72.3 Å². The van der Waals surface area contributed by atoms with Crippen molar-refractivity contribution in [2.24, 2.45) is 7.05 Å². The number of carboxylic acids is 1. The van der Waals surface area contributed by atoms with E-state index in [0.717, 1.165) is 22.8 Å². The van der Waals surface area contributed by atoms with E-state index in [-0.39, 0.29) is 6.42 Å². The van der Waals surface area contributed by atoms with E-state index in [0.29, 0.717) is 16.1 Å². The lowest BCUT2D eigenvalue weighted by molar-refractivity contribution is -0.143. The van der Waals surface area contributed by atoms with E-state index in [9.17, 15) is 14.7 Å². The minimum Gasteiger partial charge on any atom is -0.480 e. The van der Waals surface area contributed by atoms with Crippen molar-refractivity contribution >= 4 is 34.8 Å². The van der Waals surface area contributed by atoms with Crippen molar-refractivity contribution in [1.82, 2.24) is 4.57 Å². The Kier molecular flexibility index (Phi) is 5.66. The predicted octanol–water partition coefficient (Wildman–Crippen LogP) is 5.58. The molecule has 0 aliphatic carbocycles. The molecule has 0 radical (unpaired) electrons. The van der Waals surface area contributed by atoms with Crippen LogP contribution in [0.4, 0.5) is 0 Å². The standard InChI is InChI=1S/C26H22ClNO3/c1-28-17-23(21-16-20(27)12-13-24(21)28)26(25(30)31,19-10-6-3-7-11-19)22(14-15-29)18-8-4-2-5-9-18/h2-13,15-17,22H,14H2,1H3,(H,30,31). The minimum absolute atomic E-state index is 0.0577. The molecule has 31 heavy (non-hydrogen) atoms. The van der Waals surface area contributed by atoms with Crippen molar-refractivity contribution in [3.63, 3.8) is 0 Å². The zero-order valence-corrected chi connectivity index (χ0v) is 17.8. The Morgan fingerprint density at radius 1 is 1.06 bits per heavy atom. The van der Waals surface area contributed by atoms with E-state index in [4.69, 9.17) is 11.6 Å². The maximum absolute atomic E-state index is 13.3. The third-order valence-corrected chi connectivity index (χ3v) is 6.23. The number of rotatable bonds is 7. The summed E-state index contributed by atoms with van der Waals surface area (Å²) in [5, 5.41) is 12.2. The van der Waals surface area contributed by atoms with Crippen molar-refractivity contribution in [3.8, 4) is 0 Å². The number of aliphatic carboxylic acids is 1. The molecule has 156 valence electrons. The maximum atomic E-state index is 13.3. The molecule has 0 aliphatic heterocycles. The van der Waals surface area contributed by atoms with Crippen LogP contribution >= 0.6 is 11.6 Å². The number of carbonyl (C=O) groups excluding carboxylic acids is 1. The maximum Gasteiger partial charge on any atom is 0.319 e. The molecule has 4 nitrogen and oxygen atoms in total. The van der Waals surface area contributed by atoms with Gasteiger partial charge in [-0.05, 0) is 29.3 Å².